The lowest BCUT2D eigenvalue weighted by molar-refractivity contribution is 0.413. The van der Waals surface area contributed by atoms with Crippen LogP contribution >= 0.6 is 0 Å². The van der Waals surface area contributed by atoms with Gasteiger partial charge in [-0.05, 0) is 26.2 Å². The number of aromatic nitrogens is 2. The molecule has 2 atom stereocenters. The molecule has 1 aromatic heterocycles. The summed E-state index contributed by atoms with van der Waals surface area (Å²) < 4.78 is 2.57. The van der Waals surface area contributed by atoms with Gasteiger partial charge in [-0.15, -0.1) is 0 Å². The van der Waals surface area contributed by atoms with Crippen molar-refractivity contribution < 1.29 is 0 Å². The molecule has 0 bridgehead atoms. The Kier molecular flexibility index (Phi) is 27.3. The summed E-state index contributed by atoms with van der Waals surface area (Å²) in [6.45, 7) is 9.39. The van der Waals surface area contributed by atoms with Crippen LogP contribution < -0.4 is 0 Å². The Labute approximate surface area is 259 Å². The Bertz CT molecular complexity index is 635. The van der Waals surface area contributed by atoms with Crippen LogP contribution in [0.1, 0.15) is 238 Å². The molecule has 0 saturated heterocycles. The van der Waals surface area contributed by atoms with E-state index in [-0.39, 0.29) is 0 Å². The molecule has 1 aromatic rings. The van der Waals surface area contributed by atoms with Gasteiger partial charge < -0.3 is 4.57 Å². The fourth-order valence-electron chi connectivity index (χ4n) is 6.71. The van der Waals surface area contributed by atoms with Crippen LogP contribution in [0.25, 0.3) is 0 Å². The molecule has 0 amide bonds. The minimum Gasteiger partial charge on any atom is -0.332 e. The van der Waals surface area contributed by atoms with Gasteiger partial charge >= 0.3 is 0 Å². The molecule has 0 aliphatic carbocycles. The summed E-state index contributed by atoms with van der Waals surface area (Å²) in [6.07, 6.45) is 46.7. The van der Waals surface area contributed by atoms with Crippen LogP contribution in [0.2, 0.25) is 0 Å². The van der Waals surface area contributed by atoms with Crippen LogP contribution in [-0.4, -0.2) is 9.55 Å². The van der Waals surface area contributed by atoms with Gasteiger partial charge in [0.25, 0.3) is 0 Å². The summed E-state index contributed by atoms with van der Waals surface area (Å²) in [7, 11) is 0. The first kappa shape index (κ1) is 38.2. The first-order chi connectivity index (χ1) is 20.2. The highest BCUT2D eigenvalue weighted by atomic mass is 15.1. The molecule has 2 unspecified atom stereocenters. The average Bonchev–Trinajstić information content (AvgIpc) is 3.47. The number of nitrogens with zero attached hydrogens (tertiary/aromatic N) is 2. The average molecular weight is 573 g/mol. The molecule has 1 rings (SSSR count). The van der Waals surface area contributed by atoms with Gasteiger partial charge in [-0.1, -0.05) is 194 Å². The zero-order valence-corrected chi connectivity index (χ0v) is 28.9. The Morgan fingerprint density at radius 3 is 1.17 bits per heavy atom. The van der Waals surface area contributed by atoms with Crippen molar-refractivity contribution in [2.75, 3.05) is 0 Å². The number of hydrogen-bond acceptors (Lipinski definition) is 1. The first-order valence-corrected chi connectivity index (χ1v) is 19.3. The quantitative estimate of drug-likeness (QED) is 0.0785. The van der Waals surface area contributed by atoms with Gasteiger partial charge in [0.15, 0.2) is 0 Å². The molecule has 0 saturated carbocycles. The van der Waals surface area contributed by atoms with Crippen LogP contribution in [0.3, 0.4) is 0 Å². The molecule has 2 nitrogen and oxygen atoms in total. The Hall–Kier alpha value is -0.790. The maximum atomic E-state index is 4.98. The van der Waals surface area contributed by atoms with Crippen LogP contribution in [0.5, 0.6) is 0 Å². The highest BCUT2D eigenvalue weighted by Gasteiger charge is 2.19. The summed E-state index contributed by atoms with van der Waals surface area (Å²) in [5, 5.41) is 0. The maximum absolute atomic E-state index is 4.98. The van der Waals surface area contributed by atoms with Gasteiger partial charge in [-0.3, -0.25) is 0 Å². The summed E-state index contributed by atoms with van der Waals surface area (Å²) >= 11 is 0. The highest BCUT2D eigenvalue weighted by molar-refractivity contribution is 5.02. The molecule has 0 radical (unpaired) electrons. The summed E-state index contributed by atoms with van der Waals surface area (Å²) in [5.74, 6) is 2.06. The normalized spacial score (nSPS) is 13.2. The Morgan fingerprint density at radius 2 is 0.780 bits per heavy atom. The smallest absolute Gasteiger partial charge is 0.111 e. The second-order valence-corrected chi connectivity index (χ2v) is 13.6. The van der Waals surface area contributed by atoms with E-state index in [1.807, 2.05) is 0 Å². The van der Waals surface area contributed by atoms with E-state index in [1.54, 1.807) is 0 Å². The molecule has 0 aliphatic heterocycles. The molecule has 1 heterocycles. The van der Waals surface area contributed by atoms with Crippen molar-refractivity contribution in [1.29, 1.82) is 0 Å². The SMILES string of the molecule is CCCCCCCCCCCCCCCC(CCCCCC)c1nccn1C(C)CCCCCCCCCCCC. The molecule has 0 fully saturated rings. The molecular weight excluding hydrogens is 496 g/mol. The summed E-state index contributed by atoms with van der Waals surface area (Å²) in [5.41, 5.74) is 0. The second kappa shape index (κ2) is 29.3. The van der Waals surface area contributed by atoms with E-state index in [9.17, 15) is 0 Å². The molecule has 0 aliphatic rings. The van der Waals surface area contributed by atoms with Gasteiger partial charge in [0.1, 0.15) is 5.82 Å². The molecule has 41 heavy (non-hydrogen) atoms. The third kappa shape index (κ3) is 21.5. The monoisotopic (exact) mass is 573 g/mol. The van der Waals surface area contributed by atoms with Gasteiger partial charge in [0, 0.05) is 24.4 Å². The van der Waals surface area contributed by atoms with Crippen LogP contribution in [0.4, 0.5) is 0 Å². The van der Waals surface area contributed by atoms with Crippen LogP contribution in [0.15, 0.2) is 12.4 Å². The van der Waals surface area contributed by atoms with E-state index in [0.717, 1.165) is 0 Å². The molecule has 2 heteroatoms. The van der Waals surface area contributed by atoms with Gasteiger partial charge in [-0.25, -0.2) is 4.98 Å². The predicted molar refractivity (Wildman–Crippen MR) is 185 cm³/mol. The zero-order valence-electron chi connectivity index (χ0n) is 28.9. The minimum absolute atomic E-state index is 0.589. The van der Waals surface area contributed by atoms with Crippen LogP contribution in [-0.2, 0) is 0 Å². The molecule has 0 N–H and O–H groups in total. The van der Waals surface area contributed by atoms with Crippen molar-refractivity contribution in [2.45, 2.75) is 232 Å². The lowest BCUT2D eigenvalue weighted by atomic mass is 9.93. The lowest BCUT2D eigenvalue weighted by Gasteiger charge is -2.22. The highest BCUT2D eigenvalue weighted by Crippen LogP contribution is 2.30. The zero-order chi connectivity index (χ0) is 29.6. The van der Waals surface area contributed by atoms with E-state index in [2.05, 4.69) is 44.7 Å². The molecule has 242 valence electrons. The number of hydrogen-bond donors (Lipinski definition) is 0. The van der Waals surface area contributed by atoms with E-state index in [4.69, 9.17) is 4.98 Å². The molecule has 0 aromatic carbocycles. The van der Waals surface area contributed by atoms with E-state index >= 15 is 0 Å². The van der Waals surface area contributed by atoms with E-state index < -0.39 is 0 Å². The first-order valence-electron chi connectivity index (χ1n) is 19.3. The maximum Gasteiger partial charge on any atom is 0.111 e. The van der Waals surface area contributed by atoms with E-state index in [0.29, 0.717) is 12.0 Å². The van der Waals surface area contributed by atoms with Crippen LogP contribution in [0, 0.1) is 0 Å². The largest absolute Gasteiger partial charge is 0.332 e. The van der Waals surface area contributed by atoms with Crippen molar-refractivity contribution in [3.63, 3.8) is 0 Å². The Morgan fingerprint density at radius 1 is 0.463 bits per heavy atom. The Balaban J connectivity index is 2.31. The summed E-state index contributed by atoms with van der Waals surface area (Å²) in [4.78, 5) is 4.98. The number of imidazole rings is 1. The number of unbranched alkanes of at least 4 members (excludes halogenated alkanes) is 24. The third-order valence-electron chi connectivity index (χ3n) is 9.58. The van der Waals surface area contributed by atoms with Crippen molar-refractivity contribution in [3.05, 3.63) is 18.2 Å². The lowest BCUT2D eigenvalue weighted by Crippen LogP contribution is -2.13. The summed E-state index contributed by atoms with van der Waals surface area (Å²) in [6, 6.07) is 0.589. The van der Waals surface area contributed by atoms with Crippen molar-refractivity contribution in [3.8, 4) is 0 Å². The standard InChI is InChI=1S/C39H76N2/c1-5-8-11-14-16-18-20-21-22-24-26-28-31-34-38(33-30-13-10-7-3)39-40-35-36-41(39)37(4)32-29-27-25-23-19-17-15-12-9-6-2/h35-38H,5-34H2,1-4H3. The van der Waals surface area contributed by atoms with Gasteiger partial charge in [-0.2, -0.15) is 0 Å². The predicted octanol–water partition coefficient (Wildman–Crippen LogP) is 14.3. The van der Waals surface area contributed by atoms with E-state index in [1.165, 1.54) is 198 Å². The minimum atomic E-state index is 0.589. The van der Waals surface area contributed by atoms with Gasteiger partial charge in [0.05, 0.1) is 0 Å². The third-order valence-corrected chi connectivity index (χ3v) is 9.58. The van der Waals surface area contributed by atoms with Gasteiger partial charge in [0.2, 0.25) is 0 Å². The van der Waals surface area contributed by atoms with Crippen molar-refractivity contribution >= 4 is 0 Å². The molecular formula is C39H76N2. The fourth-order valence-corrected chi connectivity index (χ4v) is 6.71. The topological polar surface area (TPSA) is 17.8 Å². The fraction of sp³-hybridized carbons (Fsp3) is 0.923. The number of rotatable bonds is 32. The second-order valence-electron chi connectivity index (χ2n) is 13.6. The van der Waals surface area contributed by atoms with Crippen molar-refractivity contribution in [1.82, 2.24) is 9.55 Å². The van der Waals surface area contributed by atoms with Crippen molar-refractivity contribution in [2.24, 2.45) is 0 Å². The molecule has 0 spiro atoms.